The predicted octanol–water partition coefficient (Wildman–Crippen LogP) is -0.950. The molecule has 0 aliphatic heterocycles. The molecule has 1 nitrogen and oxygen atoms in total. The first-order chi connectivity index (χ1) is 3.80. The van der Waals surface area contributed by atoms with Crippen LogP contribution < -0.4 is 29.6 Å². The summed E-state index contributed by atoms with van der Waals surface area (Å²) in [6.07, 6.45) is 0. The quantitative estimate of drug-likeness (QED) is 0.474. The minimum atomic E-state index is 0. The molecule has 0 fully saturated rings. The van der Waals surface area contributed by atoms with E-state index in [2.05, 4.69) is 0 Å². The second kappa shape index (κ2) is 4.18. The standard InChI is InChI=1S/C6H5ClO.Na/c7-5-3-1-2-4-6(5)8;/h1-4,8H;/q;+1. The van der Waals surface area contributed by atoms with Crippen molar-refractivity contribution in [2.45, 2.75) is 0 Å². The topological polar surface area (TPSA) is 20.2 Å². The number of hydrogen-bond donors (Lipinski definition) is 1. The average Bonchev–Trinajstić information content (AvgIpc) is 1.77. The van der Waals surface area contributed by atoms with E-state index in [9.17, 15) is 0 Å². The molecule has 0 amide bonds. The van der Waals surface area contributed by atoms with E-state index in [4.69, 9.17) is 16.7 Å². The molecule has 0 aromatic heterocycles. The molecular weight excluding hydrogens is 147 g/mol. The van der Waals surface area contributed by atoms with Crippen LogP contribution in [0.2, 0.25) is 5.02 Å². The maximum atomic E-state index is 8.79. The van der Waals surface area contributed by atoms with Gasteiger partial charge in [0.05, 0.1) is 5.02 Å². The molecule has 1 aromatic rings. The molecule has 0 bridgehead atoms. The molecule has 0 radical (unpaired) electrons. The molecule has 0 aliphatic carbocycles. The van der Waals surface area contributed by atoms with E-state index in [1.807, 2.05) is 0 Å². The summed E-state index contributed by atoms with van der Waals surface area (Å²) in [6, 6.07) is 6.67. The first-order valence-corrected chi connectivity index (χ1v) is 2.62. The number of hydrogen-bond acceptors (Lipinski definition) is 1. The zero-order valence-corrected chi connectivity index (χ0v) is 7.89. The van der Waals surface area contributed by atoms with Crippen molar-refractivity contribution in [1.82, 2.24) is 0 Å². The summed E-state index contributed by atoms with van der Waals surface area (Å²) in [4.78, 5) is 0. The van der Waals surface area contributed by atoms with Crippen molar-refractivity contribution >= 4 is 11.6 Å². The zero-order chi connectivity index (χ0) is 5.98. The molecule has 0 spiro atoms. The summed E-state index contributed by atoms with van der Waals surface area (Å²) in [6.45, 7) is 0. The number of halogens is 1. The van der Waals surface area contributed by atoms with Crippen molar-refractivity contribution < 1.29 is 34.7 Å². The van der Waals surface area contributed by atoms with Crippen LogP contribution in [-0.4, -0.2) is 5.11 Å². The van der Waals surface area contributed by atoms with E-state index in [0.29, 0.717) is 5.02 Å². The van der Waals surface area contributed by atoms with Crippen molar-refractivity contribution in [3.63, 3.8) is 0 Å². The van der Waals surface area contributed by atoms with Crippen LogP contribution in [0.5, 0.6) is 5.75 Å². The fourth-order valence-corrected chi connectivity index (χ4v) is 0.587. The van der Waals surface area contributed by atoms with Crippen molar-refractivity contribution in [3.8, 4) is 5.75 Å². The Morgan fingerprint density at radius 2 is 1.78 bits per heavy atom. The van der Waals surface area contributed by atoms with Gasteiger partial charge in [0.1, 0.15) is 5.75 Å². The minimum absolute atomic E-state index is 0. The molecule has 1 aromatic carbocycles. The van der Waals surface area contributed by atoms with Gasteiger partial charge < -0.3 is 5.11 Å². The number of rotatable bonds is 0. The Bertz CT molecular complexity index is 169. The molecule has 42 valence electrons. The van der Waals surface area contributed by atoms with Gasteiger partial charge >= 0.3 is 29.6 Å². The van der Waals surface area contributed by atoms with Crippen LogP contribution in [0.15, 0.2) is 24.3 Å². The molecule has 0 atom stereocenters. The largest absolute Gasteiger partial charge is 1.00 e. The summed E-state index contributed by atoms with van der Waals surface area (Å²) >= 11 is 5.46. The van der Waals surface area contributed by atoms with E-state index >= 15 is 0 Å². The first kappa shape index (κ1) is 9.31. The second-order valence-corrected chi connectivity index (χ2v) is 1.86. The Balaban J connectivity index is 0.000000640. The van der Waals surface area contributed by atoms with Gasteiger partial charge in [-0.05, 0) is 12.1 Å². The number of phenolic OH excluding ortho intramolecular Hbond substituents is 1. The molecule has 0 saturated carbocycles. The molecule has 9 heavy (non-hydrogen) atoms. The maximum Gasteiger partial charge on any atom is 1.00 e. The third-order valence-corrected chi connectivity index (χ3v) is 1.17. The van der Waals surface area contributed by atoms with Gasteiger partial charge in [-0.2, -0.15) is 0 Å². The van der Waals surface area contributed by atoms with Crippen LogP contribution in [0.4, 0.5) is 0 Å². The van der Waals surface area contributed by atoms with Crippen LogP contribution in [0.25, 0.3) is 0 Å². The van der Waals surface area contributed by atoms with E-state index in [1.165, 1.54) is 0 Å². The van der Waals surface area contributed by atoms with Gasteiger partial charge in [-0.1, -0.05) is 23.7 Å². The number of phenols is 1. The fraction of sp³-hybridized carbons (Fsp3) is 0. The Labute approximate surface area is 80.9 Å². The Hall–Kier alpha value is 0.310. The summed E-state index contributed by atoms with van der Waals surface area (Å²) in [5.74, 6) is 0.133. The average molecular weight is 152 g/mol. The Kier molecular flexibility index (Phi) is 4.32. The Morgan fingerprint density at radius 1 is 1.22 bits per heavy atom. The molecule has 0 aliphatic rings. The van der Waals surface area contributed by atoms with Crippen LogP contribution in [0, 0.1) is 0 Å². The minimum Gasteiger partial charge on any atom is -0.506 e. The van der Waals surface area contributed by atoms with Crippen molar-refractivity contribution in [2.75, 3.05) is 0 Å². The van der Waals surface area contributed by atoms with Crippen LogP contribution in [0.1, 0.15) is 0 Å². The number of benzene rings is 1. The van der Waals surface area contributed by atoms with Crippen LogP contribution in [0.3, 0.4) is 0 Å². The third-order valence-electron chi connectivity index (χ3n) is 0.852. The molecule has 0 unspecified atom stereocenters. The van der Waals surface area contributed by atoms with E-state index in [-0.39, 0.29) is 35.3 Å². The molecule has 1 N–H and O–H groups in total. The van der Waals surface area contributed by atoms with Gasteiger partial charge in [-0.25, -0.2) is 0 Å². The van der Waals surface area contributed by atoms with Gasteiger partial charge in [0.2, 0.25) is 0 Å². The van der Waals surface area contributed by atoms with Gasteiger partial charge in [0, 0.05) is 0 Å². The summed E-state index contributed by atoms with van der Waals surface area (Å²) < 4.78 is 0. The second-order valence-electron chi connectivity index (χ2n) is 1.45. The number of para-hydroxylation sites is 1. The fourth-order valence-electron chi connectivity index (χ4n) is 0.452. The molecule has 0 heterocycles. The van der Waals surface area contributed by atoms with Crippen molar-refractivity contribution in [1.29, 1.82) is 0 Å². The zero-order valence-electron chi connectivity index (χ0n) is 5.13. The first-order valence-electron chi connectivity index (χ1n) is 2.24. The molecule has 1 rings (SSSR count). The van der Waals surface area contributed by atoms with E-state index in [1.54, 1.807) is 24.3 Å². The summed E-state index contributed by atoms with van der Waals surface area (Å²) in [5, 5.41) is 9.18. The number of aromatic hydroxyl groups is 1. The SMILES string of the molecule is Oc1ccccc1Cl.[Na+]. The van der Waals surface area contributed by atoms with Crippen molar-refractivity contribution in [2.24, 2.45) is 0 Å². The molecule has 3 heteroatoms. The normalized spacial score (nSPS) is 8.11. The van der Waals surface area contributed by atoms with Gasteiger partial charge in [0.15, 0.2) is 0 Å². The van der Waals surface area contributed by atoms with Crippen molar-refractivity contribution in [3.05, 3.63) is 29.3 Å². The predicted molar refractivity (Wildman–Crippen MR) is 33.1 cm³/mol. The van der Waals surface area contributed by atoms with Gasteiger partial charge in [-0.3, -0.25) is 0 Å². The summed E-state index contributed by atoms with van der Waals surface area (Å²) in [7, 11) is 0. The Morgan fingerprint density at radius 3 is 2.11 bits per heavy atom. The molecule has 0 saturated heterocycles. The monoisotopic (exact) mass is 151 g/mol. The third kappa shape index (κ3) is 2.59. The molecular formula is C6H5ClNaO+. The van der Waals surface area contributed by atoms with Gasteiger partial charge in [-0.15, -0.1) is 0 Å². The maximum absolute atomic E-state index is 8.79. The summed E-state index contributed by atoms with van der Waals surface area (Å²) in [5.41, 5.74) is 0. The van der Waals surface area contributed by atoms with Crippen LogP contribution in [-0.2, 0) is 0 Å². The smallest absolute Gasteiger partial charge is 0.506 e. The van der Waals surface area contributed by atoms with Crippen LogP contribution >= 0.6 is 11.6 Å². The van der Waals surface area contributed by atoms with E-state index < -0.39 is 0 Å². The van der Waals surface area contributed by atoms with E-state index in [0.717, 1.165) is 0 Å². The van der Waals surface area contributed by atoms with Gasteiger partial charge in [0.25, 0.3) is 0 Å².